The summed E-state index contributed by atoms with van der Waals surface area (Å²) in [6.45, 7) is 0.628. The first-order valence-electron chi connectivity index (χ1n) is 6.44. The number of hydrogen-bond acceptors (Lipinski definition) is 3. The molecule has 0 saturated heterocycles. The molecule has 2 aromatic rings. The van der Waals surface area contributed by atoms with E-state index in [4.69, 9.17) is 11.6 Å². The predicted octanol–water partition coefficient (Wildman–Crippen LogP) is 1.50. The number of carbonyl (C=O) groups is 2. The standard InChI is InChI=1S/C14H15ClN4O2/c15-10-7-12(18-8-10)14(21)17-6-4-13(20)19-9-11-3-1-2-5-16-11/h1-3,5,7-8,18H,4,6,9H2,(H,17,21)(H,19,20). The van der Waals surface area contributed by atoms with Crippen LogP contribution in [0.15, 0.2) is 36.7 Å². The molecule has 110 valence electrons. The zero-order valence-corrected chi connectivity index (χ0v) is 12.0. The highest BCUT2D eigenvalue weighted by Crippen LogP contribution is 2.08. The lowest BCUT2D eigenvalue weighted by molar-refractivity contribution is -0.121. The normalized spacial score (nSPS) is 10.1. The van der Waals surface area contributed by atoms with Crippen LogP contribution in [0, 0.1) is 0 Å². The number of H-pyrrole nitrogens is 1. The van der Waals surface area contributed by atoms with Crippen molar-refractivity contribution in [3.63, 3.8) is 0 Å². The molecule has 7 heteroatoms. The van der Waals surface area contributed by atoms with Crippen LogP contribution in [-0.2, 0) is 11.3 Å². The third kappa shape index (κ3) is 4.92. The van der Waals surface area contributed by atoms with Gasteiger partial charge in [0.2, 0.25) is 5.91 Å². The van der Waals surface area contributed by atoms with Crippen LogP contribution in [0.2, 0.25) is 5.02 Å². The smallest absolute Gasteiger partial charge is 0.267 e. The van der Waals surface area contributed by atoms with Gasteiger partial charge in [0.15, 0.2) is 0 Å². The van der Waals surface area contributed by atoms with Gasteiger partial charge in [-0.2, -0.15) is 0 Å². The van der Waals surface area contributed by atoms with E-state index in [0.29, 0.717) is 17.3 Å². The fourth-order valence-electron chi connectivity index (χ4n) is 1.66. The van der Waals surface area contributed by atoms with Crippen LogP contribution in [0.1, 0.15) is 22.6 Å². The molecule has 3 N–H and O–H groups in total. The molecular formula is C14H15ClN4O2. The van der Waals surface area contributed by atoms with E-state index in [2.05, 4.69) is 20.6 Å². The maximum absolute atomic E-state index is 11.7. The maximum Gasteiger partial charge on any atom is 0.267 e. The summed E-state index contributed by atoms with van der Waals surface area (Å²) in [5, 5.41) is 5.84. The summed E-state index contributed by atoms with van der Waals surface area (Å²) in [5.74, 6) is -0.440. The van der Waals surface area contributed by atoms with E-state index in [9.17, 15) is 9.59 Å². The van der Waals surface area contributed by atoms with Crippen LogP contribution < -0.4 is 10.6 Å². The Morgan fingerprint density at radius 2 is 2.14 bits per heavy atom. The van der Waals surface area contributed by atoms with E-state index in [1.165, 1.54) is 12.3 Å². The van der Waals surface area contributed by atoms with Gasteiger partial charge in [0.05, 0.1) is 17.3 Å². The number of pyridine rings is 1. The molecule has 0 radical (unpaired) electrons. The average molecular weight is 307 g/mol. The van der Waals surface area contributed by atoms with Gasteiger partial charge in [-0.05, 0) is 18.2 Å². The molecule has 0 aliphatic carbocycles. The van der Waals surface area contributed by atoms with E-state index < -0.39 is 0 Å². The molecule has 2 heterocycles. The fourth-order valence-corrected chi connectivity index (χ4v) is 1.83. The number of nitrogens with zero attached hydrogens (tertiary/aromatic N) is 1. The Bertz CT molecular complexity index is 612. The molecule has 21 heavy (non-hydrogen) atoms. The number of nitrogens with one attached hydrogen (secondary N) is 3. The van der Waals surface area contributed by atoms with Gasteiger partial charge in [0, 0.05) is 25.4 Å². The number of aromatic amines is 1. The van der Waals surface area contributed by atoms with Crippen LogP contribution in [0.3, 0.4) is 0 Å². The fraction of sp³-hybridized carbons (Fsp3) is 0.214. The summed E-state index contributed by atoms with van der Waals surface area (Å²) >= 11 is 5.71. The van der Waals surface area contributed by atoms with Gasteiger partial charge in [-0.3, -0.25) is 14.6 Å². The van der Waals surface area contributed by atoms with Crippen molar-refractivity contribution in [3.8, 4) is 0 Å². The predicted molar refractivity (Wildman–Crippen MR) is 78.8 cm³/mol. The quantitative estimate of drug-likeness (QED) is 0.756. The molecule has 0 aromatic carbocycles. The first-order valence-corrected chi connectivity index (χ1v) is 6.81. The summed E-state index contributed by atoms with van der Waals surface area (Å²) < 4.78 is 0. The molecule has 0 atom stereocenters. The molecule has 0 aliphatic heterocycles. The highest BCUT2D eigenvalue weighted by molar-refractivity contribution is 6.30. The van der Waals surface area contributed by atoms with Crippen LogP contribution in [0.5, 0.6) is 0 Å². The lowest BCUT2D eigenvalue weighted by Crippen LogP contribution is -2.30. The Balaban J connectivity index is 1.66. The highest BCUT2D eigenvalue weighted by Gasteiger charge is 2.08. The SMILES string of the molecule is O=C(CCNC(=O)c1cc(Cl)c[nH]1)NCc1ccccn1. The molecule has 0 fully saturated rings. The zero-order chi connectivity index (χ0) is 15.1. The number of carbonyl (C=O) groups excluding carboxylic acids is 2. The van der Waals surface area contributed by atoms with Crippen molar-refractivity contribution in [3.05, 3.63) is 53.1 Å². The molecule has 0 bridgehead atoms. The summed E-state index contributed by atoms with van der Waals surface area (Å²) in [4.78, 5) is 30.1. The molecule has 2 aromatic heterocycles. The number of aromatic nitrogens is 2. The molecule has 0 unspecified atom stereocenters. The first kappa shape index (κ1) is 15.1. The second-order valence-electron chi connectivity index (χ2n) is 4.34. The first-order chi connectivity index (χ1) is 10.1. The van der Waals surface area contributed by atoms with Crippen molar-refractivity contribution in [2.75, 3.05) is 6.54 Å². The summed E-state index contributed by atoms with van der Waals surface area (Å²) in [5.41, 5.74) is 1.16. The number of amides is 2. The van der Waals surface area contributed by atoms with Crippen molar-refractivity contribution in [2.24, 2.45) is 0 Å². The lowest BCUT2D eigenvalue weighted by atomic mass is 10.3. The Morgan fingerprint density at radius 3 is 2.81 bits per heavy atom. The minimum atomic E-state index is -0.292. The van der Waals surface area contributed by atoms with Gasteiger partial charge in [-0.1, -0.05) is 17.7 Å². The molecule has 0 saturated carbocycles. The molecule has 2 rings (SSSR count). The molecule has 0 spiro atoms. The second kappa shape index (κ2) is 7.44. The molecule has 0 aliphatic rings. The Labute approximate surface area is 126 Å². The third-order valence-electron chi connectivity index (χ3n) is 2.72. The second-order valence-corrected chi connectivity index (χ2v) is 4.77. The average Bonchev–Trinajstić information content (AvgIpc) is 2.93. The number of rotatable bonds is 6. The minimum Gasteiger partial charge on any atom is -0.356 e. The highest BCUT2D eigenvalue weighted by atomic mass is 35.5. The van der Waals surface area contributed by atoms with E-state index in [0.717, 1.165) is 5.69 Å². The number of halogens is 1. The van der Waals surface area contributed by atoms with Gasteiger partial charge in [-0.15, -0.1) is 0 Å². The van der Waals surface area contributed by atoms with Crippen molar-refractivity contribution >= 4 is 23.4 Å². The third-order valence-corrected chi connectivity index (χ3v) is 2.94. The summed E-state index contributed by atoms with van der Waals surface area (Å²) in [7, 11) is 0. The topological polar surface area (TPSA) is 86.9 Å². The monoisotopic (exact) mass is 306 g/mol. The van der Waals surface area contributed by atoms with Crippen molar-refractivity contribution in [1.29, 1.82) is 0 Å². The van der Waals surface area contributed by atoms with Crippen LogP contribution in [-0.4, -0.2) is 28.3 Å². The van der Waals surface area contributed by atoms with Crippen molar-refractivity contribution in [2.45, 2.75) is 13.0 Å². The van der Waals surface area contributed by atoms with Crippen LogP contribution in [0.25, 0.3) is 0 Å². The Hall–Kier alpha value is -2.34. The molecule has 6 nitrogen and oxygen atoms in total. The van der Waals surface area contributed by atoms with Crippen molar-refractivity contribution < 1.29 is 9.59 Å². The number of hydrogen-bond donors (Lipinski definition) is 3. The van der Waals surface area contributed by atoms with Gasteiger partial charge in [0.1, 0.15) is 5.69 Å². The van der Waals surface area contributed by atoms with E-state index >= 15 is 0 Å². The van der Waals surface area contributed by atoms with Gasteiger partial charge in [-0.25, -0.2) is 0 Å². The van der Waals surface area contributed by atoms with E-state index in [-0.39, 0.29) is 24.8 Å². The van der Waals surface area contributed by atoms with E-state index in [1.54, 1.807) is 6.20 Å². The van der Waals surface area contributed by atoms with Crippen molar-refractivity contribution in [1.82, 2.24) is 20.6 Å². The maximum atomic E-state index is 11.7. The summed E-state index contributed by atoms with van der Waals surface area (Å²) in [6, 6.07) is 7.03. The van der Waals surface area contributed by atoms with E-state index in [1.807, 2.05) is 18.2 Å². The van der Waals surface area contributed by atoms with Crippen LogP contribution in [0.4, 0.5) is 0 Å². The summed E-state index contributed by atoms with van der Waals surface area (Å²) in [6.07, 6.45) is 3.40. The lowest BCUT2D eigenvalue weighted by Gasteiger charge is -2.05. The largest absolute Gasteiger partial charge is 0.356 e. The molecular weight excluding hydrogens is 292 g/mol. The van der Waals surface area contributed by atoms with Gasteiger partial charge in [0.25, 0.3) is 5.91 Å². The van der Waals surface area contributed by atoms with Crippen LogP contribution >= 0.6 is 11.6 Å². The van der Waals surface area contributed by atoms with Gasteiger partial charge < -0.3 is 15.6 Å². The Kier molecular flexibility index (Phi) is 5.34. The molecule has 2 amide bonds. The Morgan fingerprint density at radius 1 is 1.29 bits per heavy atom. The zero-order valence-electron chi connectivity index (χ0n) is 11.2. The van der Waals surface area contributed by atoms with Gasteiger partial charge >= 0.3 is 0 Å². The minimum absolute atomic E-state index is 0.148.